The lowest BCUT2D eigenvalue weighted by Crippen LogP contribution is -2.15. The van der Waals surface area contributed by atoms with E-state index in [0.29, 0.717) is 12.3 Å². The summed E-state index contributed by atoms with van der Waals surface area (Å²) >= 11 is 0. The monoisotopic (exact) mass is 244 g/mol. The molecular formula is C14H16N2O2. The van der Waals surface area contributed by atoms with Gasteiger partial charge in [-0.25, -0.2) is 0 Å². The predicted molar refractivity (Wildman–Crippen MR) is 69.4 cm³/mol. The van der Waals surface area contributed by atoms with E-state index in [1.807, 2.05) is 38.1 Å². The third-order valence-corrected chi connectivity index (χ3v) is 2.96. The summed E-state index contributed by atoms with van der Waals surface area (Å²) < 4.78 is 0. The number of hydrogen-bond donors (Lipinski definition) is 1. The molecule has 1 unspecified atom stereocenters. The Kier molecular flexibility index (Phi) is 3.55. The van der Waals surface area contributed by atoms with Crippen LogP contribution in [0.5, 0.6) is 0 Å². The summed E-state index contributed by atoms with van der Waals surface area (Å²) in [6.45, 7) is 4.04. The first kappa shape index (κ1) is 12.5. The molecule has 2 rings (SSSR count). The number of nitrogens with zero attached hydrogens (tertiary/aromatic N) is 2. The summed E-state index contributed by atoms with van der Waals surface area (Å²) in [5.41, 5.74) is 1.49. The SMILES string of the molecule is CC(C)CC(C(=O)O)c1cnnc2ccccc12. The molecule has 1 aromatic carbocycles. The molecule has 94 valence electrons. The Morgan fingerprint density at radius 1 is 1.33 bits per heavy atom. The summed E-state index contributed by atoms with van der Waals surface area (Å²) in [7, 11) is 0. The fourth-order valence-corrected chi connectivity index (χ4v) is 2.14. The van der Waals surface area contributed by atoms with Crippen molar-refractivity contribution in [1.29, 1.82) is 0 Å². The second-order valence-corrected chi connectivity index (χ2v) is 4.84. The number of aromatic nitrogens is 2. The van der Waals surface area contributed by atoms with Crippen molar-refractivity contribution in [3.63, 3.8) is 0 Å². The number of carboxylic acids is 1. The number of fused-ring (bicyclic) bond motifs is 1. The highest BCUT2D eigenvalue weighted by Crippen LogP contribution is 2.28. The summed E-state index contributed by atoms with van der Waals surface area (Å²) in [5, 5.41) is 18.2. The van der Waals surface area contributed by atoms with Crippen LogP contribution in [0.1, 0.15) is 31.7 Å². The highest BCUT2D eigenvalue weighted by molar-refractivity contribution is 5.87. The van der Waals surface area contributed by atoms with Crippen molar-refractivity contribution in [2.24, 2.45) is 5.92 Å². The topological polar surface area (TPSA) is 63.1 Å². The number of hydrogen-bond acceptors (Lipinski definition) is 3. The van der Waals surface area contributed by atoms with Crippen LogP contribution in [-0.2, 0) is 4.79 Å². The first-order chi connectivity index (χ1) is 8.59. The standard InChI is InChI=1S/C14H16N2O2/c1-9(2)7-11(14(17)18)12-8-15-16-13-6-4-3-5-10(12)13/h3-6,8-9,11H,7H2,1-2H3,(H,17,18). The average Bonchev–Trinajstić information content (AvgIpc) is 2.35. The van der Waals surface area contributed by atoms with Gasteiger partial charge in [-0.15, -0.1) is 0 Å². The second-order valence-electron chi connectivity index (χ2n) is 4.84. The molecule has 1 N–H and O–H groups in total. The zero-order chi connectivity index (χ0) is 13.1. The number of benzene rings is 1. The fourth-order valence-electron chi connectivity index (χ4n) is 2.14. The van der Waals surface area contributed by atoms with Crippen molar-refractivity contribution in [2.45, 2.75) is 26.2 Å². The fraction of sp³-hybridized carbons (Fsp3) is 0.357. The van der Waals surface area contributed by atoms with E-state index >= 15 is 0 Å². The van der Waals surface area contributed by atoms with Crippen molar-refractivity contribution < 1.29 is 9.90 Å². The van der Waals surface area contributed by atoms with Gasteiger partial charge in [-0.1, -0.05) is 32.0 Å². The first-order valence-electron chi connectivity index (χ1n) is 6.02. The molecule has 0 fully saturated rings. The van der Waals surface area contributed by atoms with Gasteiger partial charge in [-0.05, 0) is 24.0 Å². The largest absolute Gasteiger partial charge is 0.481 e. The minimum absolute atomic E-state index is 0.318. The van der Waals surface area contributed by atoms with Crippen molar-refractivity contribution >= 4 is 16.9 Å². The van der Waals surface area contributed by atoms with Crippen molar-refractivity contribution in [3.05, 3.63) is 36.0 Å². The van der Waals surface area contributed by atoms with Gasteiger partial charge in [0.1, 0.15) is 0 Å². The number of carbonyl (C=O) groups is 1. The van der Waals surface area contributed by atoms with Crippen molar-refractivity contribution in [2.75, 3.05) is 0 Å². The summed E-state index contributed by atoms with van der Waals surface area (Å²) in [4.78, 5) is 11.4. The van der Waals surface area contributed by atoms with E-state index in [4.69, 9.17) is 0 Å². The maximum Gasteiger partial charge on any atom is 0.311 e. The van der Waals surface area contributed by atoms with Crippen LogP contribution in [0.15, 0.2) is 30.5 Å². The van der Waals surface area contributed by atoms with Crippen LogP contribution in [0, 0.1) is 5.92 Å². The number of carboxylic acid groups (broad SMARTS) is 1. The Morgan fingerprint density at radius 2 is 2.06 bits per heavy atom. The smallest absolute Gasteiger partial charge is 0.311 e. The lowest BCUT2D eigenvalue weighted by Gasteiger charge is -2.16. The molecule has 0 spiro atoms. The summed E-state index contributed by atoms with van der Waals surface area (Å²) in [5.74, 6) is -1.01. The first-order valence-corrected chi connectivity index (χ1v) is 6.02. The molecule has 2 aromatic rings. The number of rotatable bonds is 4. The van der Waals surface area contributed by atoms with Crippen LogP contribution in [0.4, 0.5) is 0 Å². The molecule has 1 aromatic heterocycles. The van der Waals surface area contributed by atoms with Gasteiger partial charge in [0.15, 0.2) is 0 Å². The zero-order valence-corrected chi connectivity index (χ0v) is 10.5. The molecule has 18 heavy (non-hydrogen) atoms. The summed E-state index contributed by atoms with van der Waals surface area (Å²) in [6.07, 6.45) is 2.18. The molecule has 4 heteroatoms. The van der Waals surface area contributed by atoms with Gasteiger partial charge >= 0.3 is 5.97 Å². The van der Waals surface area contributed by atoms with Crippen molar-refractivity contribution in [3.8, 4) is 0 Å². The maximum absolute atomic E-state index is 11.4. The molecule has 0 saturated heterocycles. The zero-order valence-electron chi connectivity index (χ0n) is 10.5. The Hall–Kier alpha value is -1.97. The third-order valence-electron chi connectivity index (χ3n) is 2.96. The normalized spacial score (nSPS) is 12.8. The highest BCUT2D eigenvalue weighted by atomic mass is 16.4. The van der Waals surface area contributed by atoms with Gasteiger partial charge in [0.2, 0.25) is 0 Å². The Balaban J connectivity index is 2.53. The van der Waals surface area contributed by atoms with Gasteiger partial charge in [0, 0.05) is 5.39 Å². The minimum atomic E-state index is -0.804. The summed E-state index contributed by atoms with van der Waals surface area (Å²) in [6, 6.07) is 7.51. The molecule has 1 atom stereocenters. The Labute approximate surface area is 106 Å². The van der Waals surface area contributed by atoms with Crippen LogP contribution in [0.2, 0.25) is 0 Å². The predicted octanol–water partition coefficient (Wildman–Crippen LogP) is 2.84. The van der Waals surface area contributed by atoms with E-state index in [9.17, 15) is 9.90 Å². The van der Waals surface area contributed by atoms with Crippen molar-refractivity contribution in [1.82, 2.24) is 10.2 Å². The molecule has 4 nitrogen and oxygen atoms in total. The quantitative estimate of drug-likeness (QED) is 0.898. The molecule has 1 heterocycles. The van der Waals surface area contributed by atoms with E-state index < -0.39 is 11.9 Å². The Morgan fingerprint density at radius 3 is 2.72 bits per heavy atom. The van der Waals surface area contributed by atoms with Gasteiger partial charge in [-0.3, -0.25) is 4.79 Å². The van der Waals surface area contributed by atoms with Gasteiger partial charge in [0.25, 0.3) is 0 Å². The van der Waals surface area contributed by atoms with Crippen LogP contribution in [0.3, 0.4) is 0 Å². The molecular weight excluding hydrogens is 228 g/mol. The lowest BCUT2D eigenvalue weighted by molar-refractivity contribution is -0.139. The lowest BCUT2D eigenvalue weighted by atomic mass is 9.89. The molecule has 0 saturated carbocycles. The van der Waals surface area contributed by atoms with Crippen LogP contribution >= 0.6 is 0 Å². The molecule has 0 aliphatic carbocycles. The molecule has 0 aliphatic rings. The van der Waals surface area contributed by atoms with Crippen LogP contribution in [0.25, 0.3) is 10.9 Å². The third kappa shape index (κ3) is 2.47. The number of aliphatic carboxylic acids is 1. The van der Waals surface area contributed by atoms with Gasteiger partial charge < -0.3 is 5.11 Å². The van der Waals surface area contributed by atoms with Gasteiger partial charge in [-0.2, -0.15) is 10.2 Å². The van der Waals surface area contributed by atoms with E-state index in [1.54, 1.807) is 6.20 Å². The maximum atomic E-state index is 11.4. The minimum Gasteiger partial charge on any atom is -0.481 e. The average molecular weight is 244 g/mol. The van der Waals surface area contributed by atoms with E-state index in [-0.39, 0.29) is 0 Å². The van der Waals surface area contributed by atoms with Crippen LogP contribution < -0.4 is 0 Å². The molecule has 0 bridgehead atoms. The highest BCUT2D eigenvalue weighted by Gasteiger charge is 2.23. The van der Waals surface area contributed by atoms with E-state index in [0.717, 1.165) is 16.5 Å². The Bertz CT molecular complexity index is 561. The van der Waals surface area contributed by atoms with E-state index in [2.05, 4.69) is 10.2 Å². The molecule has 0 aliphatic heterocycles. The second kappa shape index (κ2) is 5.12. The van der Waals surface area contributed by atoms with E-state index in [1.165, 1.54) is 0 Å². The van der Waals surface area contributed by atoms with Crippen LogP contribution in [-0.4, -0.2) is 21.3 Å². The molecule has 0 amide bonds. The molecule has 0 radical (unpaired) electrons. The van der Waals surface area contributed by atoms with Gasteiger partial charge in [0.05, 0.1) is 17.6 Å².